The third-order valence-electron chi connectivity index (χ3n) is 5.05. The van der Waals surface area contributed by atoms with Gasteiger partial charge in [0, 0.05) is 24.3 Å². The van der Waals surface area contributed by atoms with Crippen LogP contribution >= 0.6 is 0 Å². The van der Waals surface area contributed by atoms with Crippen LogP contribution < -0.4 is 10.2 Å². The highest BCUT2D eigenvalue weighted by Gasteiger charge is 2.25. The van der Waals surface area contributed by atoms with Crippen molar-refractivity contribution in [3.05, 3.63) is 29.8 Å². The van der Waals surface area contributed by atoms with Crippen LogP contribution in [0.1, 0.15) is 44.6 Å². The largest absolute Gasteiger partial charge is 0.394 e. The monoisotopic (exact) mass is 290 g/mol. The Kier molecular flexibility index (Phi) is 6.07. The quantitative estimate of drug-likeness (QED) is 0.810. The van der Waals surface area contributed by atoms with Crippen molar-refractivity contribution in [2.75, 3.05) is 31.6 Å². The van der Waals surface area contributed by atoms with E-state index in [9.17, 15) is 5.11 Å². The molecule has 21 heavy (non-hydrogen) atoms. The Hall–Kier alpha value is -1.06. The second-order valence-electron chi connectivity index (χ2n) is 6.22. The van der Waals surface area contributed by atoms with Crippen LogP contribution in [0.15, 0.2) is 24.3 Å². The molecule has 3 heteroatoms. The normalized spacial score (nSPS) is 18.0. The molecule has 1 unspecified atom stereocenters. The maximum absolute atomic E-state index is 9.64. The molecule has 1 aromatic carbocycles. The summed E-state index contributed by atoms with van der Waals surface area (Å²) in [7, 11) is 1.96. The van der Waals surface area contributed by atoms with Gasteiger partial charge in [-0.2, -0.15) is 0 Å². The molecule has 0 saturated carbocycles. The van der Waals surface area contributed by atoms with Gasteiger partial charge in [-0.15, -0.1) is 0 Å². The number of rotatable bonds is 7. The first-order valence-electron chi connectivity index (χ1n) is 8.37. The average Bonchev–Trinajstić information content (AvgIpc) is 2.75. The Morgan fingerprint density at radius 3 is 2.81 bits per heavy atom. The molecule has 0 spiro atoms. The first kappa shape index (κ1) is 16.3. The molecule has 0 saturated heterocycles. The number of aryl methyl sites for hydroxylation is 1. The lowest BCUT2D eigenvalue weighted by Crippen LogP contribution is -2.46. The number of nitrogens with zero attached hydrogens (tertiary/aromatic N) is 1. The van der Waals surface area contributed by atoms with Gasteiger partial charge in [0.05, 0.1) is 6.61 Å². The number of hydrogen-bond acceptors (Lipinski definition) is 3. The Labute approximate surface area is 129 Å². The molecule has 0 radical (unpaired) electrons. The minimum atomic E-state index is -0.106. The lowest BCUT2D eigenvalue weighted by Gasteiger charge is -2.32. The summed E-state index contributed by atoms with van der Waals surface area (Å²) < 4.78 is 0. The summed E-state index contributed by atoms with van der Waals surface area (Å²) >= 11 is 0. The van der Waals surface area contributed by atoms with Gasteiger partial charge in [-0.1, -0.05) is 25.1 Å². The van der Waals surface area contributed by atoms with Crippen LogP contribution in [0.25, 0.3) is 0 Å². The number of aliphatic hydroxyl groups is 1. The van der Waals surface area contributed by atoms with E-state index >= 15 is 0 Å². The molecule has 0 bridgehead atoms. The number of anilines is 1. The number of benzene rings is 1. The highest BCUT2D eigenvalue weighted by atomic mass is 16.3. The summed E-state index contributed by atoms with van der Waals surface area (Å²) in [5.41, 5.74) is 2.81. The van der Waals surface area contributed by atoms with Gasteiger partial charge in [0.1, 0.15) is 0 Å². The third-order valence-corrected chi connectivity index (χ3v) is 5.05. The minimum Gasteiger partial charge on any atom is -0.394 e. The second-order valence-corrected chi connectivity index (χ2v) is 6.22. The number of aliphatic hydroxyl groups excluding tert-OH is 1. The molecule has 0 aromatic heterocycles. The van der Waals surface area contributed by atoms with Crippen molar-refractivity contribution in [1.82, 2.24) is 5.32 Å². The van der Waals surface area contributed by atoms with Crippen LogP contribution in [0.2, 0.25) is 0 Å². The highest BCUT2D eigenvalue weighted by molar-refractivity contribution is 5.54. The van der Waals surface area contributed by atoms with Crippen molar-refractivity contribution in [1.29, 1.82) is 0 Å². The number of hydrogen-bond donors (Lipinski definition) is 2. The van der Waals surface area contributed by atoms with Crippen molar-refractivity contribution in [2.45, 2.75) is 51.0 Å². The lowest BCUT2D eigenvalue weighted by atomic mass is 9.91. The van der Waals surface area contributed by atoms with Crippen molar-refractivity contribution in [3.63, 3.8) is 0 Å². The molecule has 3 nitrogen and oxygen atoms in total. The third kappa shape index (κ3) is 3.98. The molecule has 1 aliphatic rings. The van der Waals surface area contributed by atoms with Crippen LogP contribution in [0.5, 0.6) is 0 Å². The molecule has 1 atom stereocenters. The van der Waals surface area contributed by atoms with E-state index in [2.05, 4.69) is 41.4 Å². The van der Waals surface area contributed by atoms with E-state index in [1.807, 2.05) is 7.05 Å². The second kappa shape index (κ2) is 7.81. The lowest BCUT2D eigenvalue weighted by molar-refractivity contribution is 0.153. The summed E-state index contributed by atoms with van der Waals surface area (Å²) in [6.07, 6.45) is 6.88. The number of likely N-dealkylation sites (N-methyl/N-ethyl adjacent to an activating group) is 1. The number of fused-ring (bicyclic) bond motifs is 1. The standard InChI is InChI=1S/C18H30N2O/c1-3-18(15-21,19-2)12-8-14-20-13-7-6-10-16-9-4-5-11-17(16)20/h4-5,9,11,19,21H,3,6-8,10,12-15H2,1-2H3. The molecular weight excluding hydrogens is 260 g/mol. The summed E-state index contributed by atoms with van der Waals surface area (Å²) in [5.74, 6) is 0. The fourth-order valence-corrected chi connectivity index (χ4v) is 3.36. The van der Waals surface area contributed by atoms with E-state index in [-0.39, 0.29) is 12.1 Å². The topological polar surface area (TPSA) is 35.5 Å². The van der Waals surface area contributed by atoms with Crippen molar-refractivity contribution >= 4 is 5.69 Å². The van der Waals surface area contributed by atoms with E-state index in [1.54, 1.807) is 0 Å². The van der Waals surface area contributed by atoms with Gasteiger partial charge in [-0.3, -0.25) is 0 Å². The highest BCUT2D eigenvalue weighted by Crippen LogP contribution is 2.27. The van der Waals surface area contributed by atoms with Crippen LogP contribution in [0.3, 0.4) is 0 Å². The molecule has 0 fully saturated rings. The van der Waals surface area contributed by atoms with Crippen LogP contribution in [0, 0.1) is 0 Å². The summed E-state index contributed by atoms with van der Waals surface area (Å²) in [4.78, 5) is 2.54. The predicted molar refractivity (Wildman–Crippen MR) is 90.0 cm³/mol. The first-order valence-corrected chi connectivity index (χ1v) is 8.37. The van der Waals surface area contributed by atoms with Gasteiger partial charge < -0.3 is 15.3 Å². The molecule has 1 aliphatic heterocycles. The summed E-state index contributed by atoms with van der Waals surface area (Å²) in [5, 5.41) is 13.0. The number of nitrogens with one attached hydrogen (secondary N) is 1. The molecule has 0 aliphatic carbocycles. The maximum Gasteiger partial charge on any atom is 0.0613 e. The zero-order chi connectivity index (χ0) is 15.1. The fraction of sp³-hybridized carbons (Fsp3) is 0.667. The van der Waals surface area contributed by atoms with E-state index in [0.717, 1.165) is 32.4 Å². The Bertz CT molecular complexity index is 421. The molecule has 118 valence electrons. The smallest absolute Gasteiger partial charge is 0.0613 e. The molecule has 1 aromatic rings. The van der Waals surface area contributed by atoms with Crippen molar-refractivity contribution < 1.29 is 5.11 Å². The summed E-state index contributed by atoms with van der Waals surface area (Å²) in [6.45, 7) is 4.61. The van der Waals surface area contributed by atoms with Gasteiger partial charge in [0.15, 0.2) is 0 Å². The maximum atomic E-state index is 9.64. The van der Waals surface area contributed by atoms with Gasteiger partial charge in [0.25, 0.3) is 0 Å². The van der Waals surface area contributed by atoms with Gasteiger partial charge >= 0.3 is 0 Å². The zero-order valence-corrected chi connectivity index (χ0v) is 13.6. The van der Waals surface area contributed by atoms with Gasteiger partial charge in [-0.25, -0.2) is 0 Å². The van der Waals surface area contributed by atoms with Gasteiger partial charge in [0.2, 0.25) is 0 Å². The van der Waals surface area contributed by atoms with E-state index < -0.39 is 0 Å². The molecule has 0 amide bonds. The molecule has 2 rings (SSSR count). The van der Waals surface area contributed by atoms with Crippen molar-refractivity contribution in [2.24, 2.45) is 0 Å². The Morgan fingerprint density at radius 1 is 1.29 bits per heavy atom. The van der Waals surface area contributed by atoms with E-state index in [0.29, 0.717) is 0 Å². The Balaban J connectivity index is 1.97. The fourth-order valence-electron chi connectivity index (χ4n) is 3.36. The first-order chi connectivity index (χ1) is 10.2. The summed E-state index contributed by atoms with van der Waals surface area (Å²) in [6, 6.07) is 8.83. The van der Waals surface area contributed by atoms with Crippen LogP contribution in [-0.4, -0.2) is 37.4 Å². The molecule has 2 N–H and O–H groups in total. The molecule has 1 heterocycles. The van der Waals surface area contributed by atoms with Crippen LogP contribution in [-0.2, 0) is 6.42 Å². The Morgan fingerprint density at radius 2 is 2.10 bits per heavy atom. The van der Waals surface area contributed by atoms with Gasteiger partial charge in [-0.05, 0) is 57.2 Å². The van der Waals surface area contributed by atoms with Crippen molar-refractivity contribution in [3.8, 4) is 0 Å². The van der Waals surface area contributed by atoms with E-state index in [4.69, 9.17) is 0 Å². The predicted octanol–water partition coefficient (Wildman–Crippen LogP) is 2.97. The minimum absolute atomic E-state index is 0.106. The zero-order valence-electron chi connectivity index (χ0n) is 13.6. The SMILES string of the molecule is CCC(CO)(CCCN1CCCCc2ccccc21)NC. The van der Waals surface area contributed by atoms with E-state index in [1.165, 1.54) is 30.5 Å². The van der Waals surface area contributed by atoms with Crippen LogP contribution in [0.4, 0.5) is 5.69 Å². The molecular formula is C18H30N2O. The average molecular weight is 290 g/mol. The number of para-hydroxylation sites is 1.